The third-order valence-corrected chi connectivity index (χ3v) is 8.84. The van der Waals surface area contributed by atoms with Gasteiger partial charge in [-0.1, -0.05) is 171 Å². The van der Waals surface area contributed by atoms with Crippen LogP contribution in [0.1, 0.15) is 181 Å². The number of allylic oxidation sites excluding steroid dienone is 9. The Morgan fingerprint density at radius 1 is 0.521 bits per heavy atom. The highest BCUT2D eigenvalue weighted by molar-refractivity contribution is 5.80. The molecule has 0 aliphatic carbocycles. The summed E-state index contributed by atoms with van der Waals surface area (Å²) in [5.74, 6) is -0.533. The van der Waals surface area contributed by atoms with Crippen LogP contribution in [0.4, 0.5) is 0 Å². The molecule has 0 aromatic carbocycles. The number of unbranched alkanes of at least 4 members (excludes halogenated alkanes) is 20. The zero-order valence-electron chi connectivity index (χ0n) is 31.3. The summed E-state index contributed by atoms with van der Waals surface area (Å²) in [6.45, 7) is 4.11. The van der Waals surface area contributed by atoms with Gasteiger partial charge in [0, 0.05) is 0 Å². The van der Waals surface area contributed by atoms with Gasteiger partial charge >= 0.3 is 0 Å². The largest absolute Gasteiger partial charge is 0.394 e. The van der Waals surface area contributed by atoms with E-state index >= 15 is 0 Å². The number of nitrogens with one attached hydrogen (secondary N) is 1. The maximum Gasteiger partial charge on any atom is 0.249 e. The Morgan fingerprint density at radius 3 is 1.44 bits per heavy atom. The molecule has 3 unspecified atom stereocenters. The van der Waals surface area contributed by atoms with Gasteiger partial charge in [0.1, 0.15) is 6.10 Å². The highest BCUT2D eigenvalue weighted by Gasteiger charge is 2.22. The maximum absolute atomic E-state index is 12.4. The Hall–Kier alpha value is -1.95. The normalized spacial score (nSPS) is 14.4. The van der Waals surface area contributed by atoms with Crippen LogP contribution < -0.4 is 5.32 Å². The van der Waals surface area contributed by atoms with Crippen molar-refractivity contribution in [3.63, 3.8) is 0 Å². The van der Waals surface area contributed by atoms with Gasteiger partial charge in [-0.2, -0.15) is 0 Å². The molecule has 0 spiro atoms. The van der Waals surface area contributed by atoms with E-state index in [2.05, 4.69) is 67.8 Å². The minimum atomic E-state index is -1.12. The van der Waals surface area contributed by atoms with Gasteiger partial charge in [-0.05, 0) is 70.6 Å². The SMILES string of the molecule is CCCCC/C=C\C=C/CCCCCCCC(O)C(=O)NC(CO)C(O)/C=C/CC/C=C/CC/C=C/CCCCCCCCCCCC. The first kappa shape index (κ1) is 46.0. The predicted molar refractivity (Wildman–Crippen MR) is 208 cm³/mol. The molecule has 0 fully saturated rings. The molecule has 0 saturated carbocycles. The molecule has 0 aliphatic rings. The average Bonchev–Trinajstić information content (AvgIpc) is 3.09. The fourth-order valence-corrected chi connectivity index (χ4v) is 5.62. The molecule has 0 heterocycles. The van der Waals surface area contributed by atoms with Gasteiger partial charge in [0.25, 0.3) is 0 Å². The molecule has 0 rings (SSSR count). The van der Waals surface area contributed by atoms with Crippen molar-refractivity contribution in [1.29, 1.82) is 0 Å². The van der Waals surface area contributed by atoms with E-state index in [-0.39, 0.29) is 6.61 Å². The van der Waals surface area contributed by atoms with Crippen molar-refractivity contribution in [2.45, 2.75) is 199 Å². The summed E-state index contributed by atoms with van der Waals surface area (Å²) >= 11 is 0. The van der Waals surface area contributed by atoms with Crippen molar-refractivity contribution in [1.82, 2.24) is 5.32 Å². The Bertz CT molecular complexity index is 831. The topological polar surface area (TPSA) is 89.8 Å². The molecule has 3 atom stereocenters. The highest BCUT2D eigenvalue weighted by atomic mass is 16.3. The summed E-state index contributed by atoms with van der Waals surface area (Å²) in [4.78, 5) is 12.4. The standard InChI is InChI=1S/C43H77NO4/c1-3-5-7-9-11-13-15-17-19-20-21-22-23-24-26-27-29-31-33-35-37-41(46)40(39-45)44-43(48)42(47)38-36-34-32-30-28-25-18-16-14-12-10-8-6-4-2/h12,14,16,18,22-23,27,29,35,37,40-42,45-47H,3-11,13,15,17,19-21,24-26,28,30-34,36,38-39H2,1-2H3,(H,44,48)/b14-12-,18-16-,23-22+,29-27+,37-35+. The average molecular weight is 672 g/mol. The van der Waals surface area contributed by atoms with Gasteiger partial charge in [0.15, 0.2) is 0 Å². The van der Waals surface area contributed by atoms with Crippen molar-refractivity contribution in [2.75, 3.05) is 6.61 Å². The first-order valence-corrected chi connectivity index (χ1v) is 20.1. The zero-order valence-corrected chi connectivity index (χ0v) is 31.3. The van der Waals surface area contributed by atoms with E-state index in [1.54, 1.807) is 6.08 Å². The molecule has 1 amide bonds. The number of hydrogen-bond donors (Lipinski definition) is 4. The Labute approximate surface area is 297 Å². The van der Waals surface area contributed by atoms with Crippen LogP contribution in [-0.4, -0.2) is 46.1 Å². The van der Waals surface area contributed by atoms with E-state index in [1.165, 1.54) is 89.9 Å². The van der Waals surface area contributed by atoms with Gasteiger partial charge in [-0.3, -0.25) is 4.79 Å². The fourth-order valence-electron chi connectivity index (χ4n) is 5.62. The van der Waals surface area contributed by atoms with Gasteiger partial charge in [-0.25, -0.2) is 0 Å². The lowest BCUT2D eigenvalue weighted by atomic mass is 10.1. The first-order valence-electron chi connectivity index (χ1n) is 20.1. The molecule has 0 aromatic heterocycles. The molecule has 0 aromatic rings. The summed E-state index contributed by atoms with van der Waals surface area (Å²) in [7, 11) is 0. The summed E-state index contributed by atoms with van der Waals surface area (Å²) in [5.41, 5.74) is 0. The number of aliphatic hydroxyl groups is 3. The Kier molecular flexibility index (Phi) is 36.3. The molecule has 278 valence electrons. The van der Waals surface area contributed by atoms with E-state index < -0.39 is 24.2 Å². The molecule has 4 N–H and O–H groups in total. The molecule has 0 bridgehead atoms. The number of amides is 1. The van der Waals surface area contributed by atoms with Crippen molar-refractivity contribution in [3.8, 4) is 0 Å². The fraction of sp³-hybridized carbons (Fsp3) is 0.744. The van der Waals surface area contributed by atoms with E-state index in [0.717, 1.165) is 70.6 Å². The quantitative estimate of drug-likeness (QED) is 0.0307. The summed E-state index contributed by atoms with van der Waals surface area (Å²) in [6.07, 6.45) is 49.5. The lowest BCUT2D eigenvalue weighted by Gasteiger charge is -2.21. The van der Waals surface area contributed by atoms with Gasteiger partial charge in [0.2, 0.25) is 5.91 Å². The molecule has 5 nitrogen and oxygen atoms in total. The second kappa shape index (κ2) is 37.9. The maximum atomic E-state index is 12.4. The second-order valence-electron chi connectivity index (χ2n) is 13.5. The van der Waals surface area contributed by atoms with Gasteiger partial charge in [0.05, 0.1) is 18.8 Å². The number of carbonyl (C=O) groups excluding carboxylic acids is 1. The molecule has 0 aliphatic heterocycles. The van der Waals surface area contributed by atoms with Crippen LogP contribution in [-0.2, 0) is 4.79 Å². The number of carbonyl (C=O) groups is 1. The van der Waals surface area contributed by atoms with Crippen LogP contribution in [0.25, 0.3) is 0 Å². The predicted octanol–water partition coefficient (Wildman–Crippen LogP) is 11.1. The second-order valence-corrected chi connectivity index (χ2v) is 13.5. The van der Waals surface area contributed by atoms with E-state index in [4.69, 9.17) is 0 Å². The molecule has 5 heteroatoms. The minimum Gasteiger partial charge on any atom is -0.394 e. The minimum absolute atomic E-state index is 0.389. The van der Waals surface area contributed by atoms with Crippen molar-refractivity contribution < 1.29 is 20.1 Å². The number of aliphatic hydroxyl groups excluding tert-OH is 3. The first-order chi connectivity index (χ1) is 23.6. The van der Waals surface area contributed by atoms with Crippen LogP contribution in [0.15, 0.2) is 60.8 Å². The van der Waals surface area contributed by atoms with Crippen LogP contribution >= 0.6 is 0 Å². The summed E-state index contributed by atoms with van der Waals surface area (Å²) in [5, 5.41) is 33.0. The third-order valence-electron chi connectivity index (χ3n) is 8.84. The van der Waals surface area contributed by atoms with E-state index in [0.29, 0.717) is 6.42 Å². The molecule has 48 heavy (non-hydrogen) atoms. The lowest BCUT2D eigenvalue weighted by molar-refractivity contribution is -0.131. The van der Waals surface area contributed by atoms with Gasteiger partial charge in [-0.15, -0.1) is 0 Å². The zero-order chi connectivity index (χ0) is 35.2. The number of hydrogen-bond acceptors (Lipinski definition) is 4. The van der Waals surface area contributed by atoms with Crippen LogP contribution in [0.2, 0.25) is 0 Å². The monoisotopic (exact) mass is 672 g/mol. The molecule has 0 radical (unpaired) electrons. The number of rotatable bonds is 35. The van der Waals surface area contributed by atoms with Crippen molar-refractivity contribution in [3.05, 3.63) is 60.8 Å². The van der Waals surface area contributed by atoms with E-state index in [9.17, 15) is 20.1 Å². The molecular formula is C43H77NO4. The van der Waals surface area contributed by atoms with Crippen molar-refractivity contribution in [2.24, 2.45) is 0 Å². The highest BCUT2D eigenvalue weighted by Crippen LogP contribution is 2.12. The summed E-state index contributed by atoms with van der Waals surface area (Å²) in [6, 6.07) is -0.828. The van der Waals surface area contributed by atoms with Gasteiger partial charge < -0.3 is 20.6 Å². The molecule has 0 saturated heterocycles. The summed E-state index contributed by atoms with van der Waals surface area (Å²) < 4.78 is 0. The Balaban J connectivity index is 3.83. The van der Waals surface area contributed by atoms with Crippen LogP contribution in [0.5, 0.6) is 0 Å². The van der Waals surface area contributed by atoms with Crippen molar-refractivity contribution >= 4 is 5.91 Å². The third kappa shape index (κ3) is 32.6. The van der Waals surface area contributed by atoms with Crippen LogP contribution in [0, 0.1) is 0 Å². The van der Waals surface area contributed by atoms with Crippen LogP contribution in [0.3, 0.4) is 0 Å². The smallest absolute Gasteiger partial charge is 0.249 e. The van der Waals surface area contributed by atoms with E-state index in [1.807, 2.05) is 6.08 Å². The lowest BCUT2D eigenvalue weighted by Crippen LogP contribution is -2.48. The Morgan fingerprint density at radius 2 is 0.917 bits per heavy atom. The molecular weight excluding hydrogens is 594 g/mol.